The maximum absolute atomic E-state index is 12.4. The molecule has 0 spiro atoms. The fourth-order valence-electron chi connectivity index (χ4n) is 1.62. The highest BCUT2D eigenvalue weighted by molar-refractivity contribution is 5.75. The summed E-state index contributed by atoms with van der Waals surface area (Å²) < 4.78 is 37.1. The summed E-state index contributed by atoms with van der Waals surface area (Å²) in [7, 11) is 0. The molecule has 1 aromatic heterocycles. The predicted molar refractivity (Wildman–Crippen MR) is 42.1 cm³/mol. The molecule has 1 saturated carbocycles. The normalized spacial score (nSPS) is 25.3. The lowest BCUT2D eigenvalue weighted by Crippen LogP contribution is -2.09. The third-order valence-electron chi connectivity index (χ3n) is 2.46. The second-order valence-electron chi connectivity index (χ2n) is 3.49. The number of rotatable bonds is 2. The molecular weight excluding hydrogens is 213 g/mol. The fraction of sp³-hybridized carbons (Fsp3) is 0.500. The van der Waals surface area contributed by atoms with E-state index in [1.165, 1.54) is 0 Å². The van der Waals surface area contributed by atoms with Crippen LogP contribution >= 0.6 is 0 Å². The molecule has 1 heterocycles. The van der Waals surface area contributed by atoms with Crippen LogP contribution in [0.25, 0.3) is 0 Å². The summed E-state index contributed by atoms with van der Waals surface area (Å²) in [5.74, 6) is -2.32. The number of hydrogen-bond donors (Lipinski definition) is 2. The van der Waals surface area contributed by atoms with E-state index in [1.807, 2.05) is 5.10 Å². The van der Waals surface area contributed by atoms with Gasteiger partial charge in [-0.3, -0.25) is 9.89 Å². The van der Waals surface area contributed by atoms with Crippen molar-refractivity contribution >= 4 is 5.97 Å². The molecule has 1 fully saturated rings. The highest BCUT2D eigenvalue weighted by Crippen LogP contribution is 2.50. The number of carbonyl (C=O) groups is 1. The van der Waals surface area contributed by atoms with Crippen molar-refractivity contribution in [3.63, 3.8) is 0 Å². The Morgan fingerprint density at radius 2 is 2.27 bits per heavy atom. The molecule has 1 aliphatic rings. The first-order chi connectivity index (χ1) is 6.91. The average Bonchev–Trinajstić information content (AvgIpc) is 2.73. The van der Waals surface area contributed by atoms with Crippen LogP contribution in [0.1, 0.15) is 23.6 Å². The molecule has 2 N–H and O–H groups in total. The third-order valence-corrected chi connectivity index (χ3v) is 2.46. The Balaban J connectivity index is 2.25. The molecule has 0 bridgehead atoms. The van der Waals surface area contributed by atoms with Gasteiger partial charge in [0.15, 0.2) is 0 Å². The zero-order valence-electron chi connectivity index (χ0n) is 7.38. The number of aliphatic carboxylic acids is 1. The zero-order chi connectivity index (χ0) is 11.2. The lowest BCUT2D eigenvalue weighted by atomic mass is 10.1. The highest BCUT2D eigenvalue weighted by Gasteiger charge is 2.49. The van der Waals surface area contributed by atoms with Gasteiger partial charge >= 0.3 is 12.1 Å². The minimum Gasteiger partial charge on any atom is -0.481 e. The molecule has 0 unspecified atom stereocenters. The summed E-state index contributed by atoms with van der Waals surface area (Å²) >= 11 is 0. The van der Waals surface area contributed by atoms with Crippen LogP contribution in [0.4, 0.5) is 13.2 Å². The lowest BCUT2D eigenvalue weighted by molar-refractivity contribution is -0.142. The first-order valence-corrected chi connectivity index (χ1v) is 4.24. The Kier molecular flexibility index (Phi) is 1.99. The second-order valence-corrected chi connectivity index (χ2v) is 3.49. The molecule has 0 saturated heterocycles. The van der Waals surface area contributed by atoms with Gasteiger partial charge in [0.05, 0.1) is 12.1 Å². The van der Waals surface area contributed by atoms with Gasteiger partial charge in [0.2, 0.25) is 0 Å². The monoisotopic (exact) mass is 220 g/mol. The number of halogens is 3. The molecule has 1 aliphatic carbocycles. The summed E-state index contributed by atoms with van der Waals surface area (Å²) in [6.07, 6.45) is -3.20. The van der Waals surface area contributed by atoms with E-state index in [1.54, 1.807) is 0 Å². The Morgan fingerprint density at radius 3 is 2.73 bits per heavy atom. The van der Waals surface area contributed by atoms with Crippen molar-refractivity contribution in [3.8, 4) is 0 Å². The van der Waals surface area contributed by atoms with Crippen molar-refractivity contribution in [2.24, 2.45) is 5.92 Å². The van der Waals surface area contributed by atoms with Crippen molar-refractivity contribution in [2.75, 3.05) is 0 Å². The predicted octanol–water partition coefficient (Wildman–Crippen LogP) is 1.62. The Labute approximate surface area is 82.1 Å². The van der Waals surface area contributed by atoms with Crippen LogP contribution in [0.5, 0.6) is 0 Å². The first-order valence-electron chi connectivity index (χ1n) is 4.24. The quantitative estimate of drug-likeness (QED) is 0.795. The van der Waals surface area contributed by atoms with Crippen LogP contribution in [0.15, 0.2) is 6.20 Å². The highest BCUT2D eigenvalue weighted by atomic mass is 19.4. The molecule has 0 aliphatic heterocycles. The number of hydrogen-bond acceptors (Lipinski definition) is 2. The molecule has 1 aromatic rings. The van der Waals surface area contributed by atoms with E-state index in [2.05, 4.69) is 5.10 Å². The van der Waals surface area contributed by atoms with Gasteiger partial charge in [-0.2, -0.15) is 18.3 Å². The summed E-state index contributed by atoms with van der Waals surface area (Å²) in [5.41, 5.74) is -0.980. The fourth-order valence-corrected chi connectivity index (χ4v) is 1.62. The maximum Gasteiger partial charge on any atom is 0.433 e. The molecule has 0 radical (unpaired) electrons. The van der Waals surface area contributed by atoms with Gasteiger partial charge in [-0.05, 0) is 6.42 Å². The SMILES string of the molecule is O=C(O)[C@@H]1C[C@H]1c1cn[nH]c1C(F)(F)F. The number of carboxylic acids is 1. The minimum absolute atomic E-state index is 0.0464. The van der Waals surface area contributed by atoms with E-state index in [9.17, 15) is 18.0 Å². The van der Waals surface area contributed by atoms with E-state index in [0.717, 1.165) is 6.20 Å². The Morgan fingerprint density at radius 1 is 1.60 bits per heavy atom. The van der Waals surface area contributed by atoms with Gasteiger partial charge in [0.1, 0.15) is 5.69 Å². The number of aromatic nitrogens is 2. The summed E-state index contributed by atoms with van der Waals surface area (Å²) in [6.45, 7) is 0. The largest absolute Gasteiger partial charge is 0.481 e. The summed E-state index contributed by atoms with van der Waals surface area (Å²) in [5, 5.41) is 13.8. The number of nitrogens with zero attached hydrogens (tertiary/aromatic N) is 1. The van der Waals surface area contributed by atoms with E-state index >= 15 is 0 Å². The molecule has 2 atom stereocenters. The Hall–Kier alpha value is -1.53. The van der Waals surface area contributed by atoms with E-state index in [-0.39, 0.29) is 12.0 Å². The van der Waals surface area contributed by atoms with E-state index in [4.69, 9.17) is 5.11 Å². The molecule has 0 amide bonds. The number of alkyl halides is 3. The van der Waals surface area contributed by atoms with Crippen LogP contribution < -0.4 is 0 Å². The number of aromatic amines is 1. The van der Waals surface area contributed by atoms with Crippen LogP contribution in [0.3, 0.4) is 0 Å². The maximum atomic E-state index is 12.4. The van der Waals surface area contributed by atoms with E-state index < -0.39 is 29.7 Å². The second kappa shape index (κ2) is 2.98. The smallest absolute Gasteiger partial charge is 0.433 e. The van der Waals surface area contributed by atoms with Crippen molar-refractivity contribution in [2.45, 2.75) is 18.5 Å². The summed E-state index contributed by atoms with van der Waals surface area (Å²) in [4.78, 5) is 10.5. The van der Waals surface area contributed by atoms with Gasteiger partial charge in [-0.1, -0.05) is 0 Å². The third kappa shape index (κ3) is 1.69. The van der Waals surface area contributed by atoms with Gasteiger partial charge in [-0.25, -0.2) is 0 Å². The molecule has 15 heavy (non-hydrogen) atoms. The summed E-state index contributed by atoms with van der Waals surface area (Å²) in [6, 6.07) is 0. The van der Waals surface area contributed by atoms with Crippen molar-refractivity contribution in [3.05, 3.63) is 17.5 Å². The Bertz CT molecular complexity index is 399. The number of carboxylic acid groups (broad SMARTS) is 1. The average molecular weight is 220 g/mol. The van der Waals surface area contributed by atoms with Gasteiger partial charge < -0.3 is 5.11 Å². The lowest BCUT2D eigenvalue weighted by Gasteiger charge is -2.05. The zero-order valence-corrected chi connectivity index (χ0v) is 7.38. The van der Waals surface area contributed by atoms with Crippen LogP contribution in [0.2, 0.25) is 0 Å². The standard InChI is InChI=1S/C8H7F3N2O2/c9-8(10,11)6-5(2-12-13-6)3-1-4(3)7(14)15/h2-4H,1H2,(H,12,13)(H,14,15)/t3-,4-/m1/s1. The minimum atomic E-state index is -4.50. The number of nitrogens with one attached hydrogen (secondary N) is 1. The van der Waals surface area contributed by atoms with Gasteiger partial charge in [0.25, 0.3) is 0 Å². The topological polar surface area (TPSA) is 66.0 Å². The van der Waals surface area contributed by atoms with E-state index in [0.29, 0.717) is 0 Å². The van der Waals surface area contributed by atoms with Gasteiger partial charge in [0, 0.05) is 11.5 Å². The van der Waals surface area contributed by atoms with Crippen LogP contribution in [-0.2, 0) is 11.0 Å². The molecule has 82 valence electrons. The van der Waals surface area contributed by atoms with Crippen LogP contribution in [0, 0.1) is 5.92 Å². The molecule has 0 aromatic carbocycles. The van der Waals surface area contributed by atoms with Gasteiger partial charge in [-0.15, -0.1) is 0 Å². The first kappa shape index (κ1) is 10.0. The molecule has 4 nitrogen and oxygen atoms in total. The van der Waals surface area contributed by atoms with Crippen molar-refractivity contribution in [1.29, 1.82) is 0 Å². The molecule has 7 heteroatoms. The van der Waals surface area contributed by atoms with Crippen molar-refractivity contribution in [1.82, 2.24) is 10.2 Å². The molecule has 2 rings (SSSR count). The number of H-pyrrole nitrogens is 1. The van der Waals surface area contributed by atoms with Crippen molar-refractivity contribution < 1.29 is 23.1 Å². The van der Waals surface area contributed by atoms with Crippen LogP contribution in [-0.4, -0.2) is 21.3 Å². The molecular formula is C8H7F3N2O2.